The Bertz CT molecular complexity index is 351. The lowest BCUT2D eigenvalue weighted by Crippen LogP contribution is -2.28. The van der Waals surface area contributed by atoms with E-state index < -0.39 is 0 Å². The summed E-state index contributed by atoms with van der Waals surface area (Å²) in [4.78, 5) is 0. The van der Waals surface area contributed by atoms with E-state index in [0.717, 1.165) is 23.4 Å². The second kappa shape index (κ2) is 6.67. The molecule has 1 aromatic heterocycles. The van der Waals surface area contributed by atoms with Crippen LogP contribution in [0.15, 0.2) is 21.2 Å². The summed E-state index contributed by atoms with van der Waals surface area (Å²) >= 11 is 3.27. The zero-order valence-corrected chi connectivity index (χ0v) is 10.3. The van der Waals surface area contributed by atoms with Gasteiger partial charge in [0.15, 0.2) is 4.67 Å². The standard InChI is InChI=1S/C11H15BrN2O/c1-2-3-4-7-14-9(8-13)10-5-6-11(12)15-10/h5-6,9,14H,4,7-8,13H2,1H3. The second-order valence-corrected chi connectivity index (χ2v) is 3.84. The lowest BCUT2D eigenvalue weighted by molar-refractivity contribution is 0.409. The fourth-order valence-electron chi connectivity index (χ4n) is 1.25. The second-order valence-electron chi connectivity index (χ2n) is 3.06. The van der Waals surface area contributed by atoms with Crippen LogP contribution in [-0.2, 0) is 0 Å². The molecule has 0 amide bonds. The molecule has 0 bridgehead atoms. The van der Waals surface area contributed by atoms with Crippen molar-refractivity contribution in [2.45, 2.75) is 19.4 Å². The van der Waals surface area contributed by atoms with Gasteiger partial charge in [0, 0.05) is 19.5 Å². The quantitative estimate of drug-likeness (QED) is 0.636. The Kier molecular flexibility index (Phi) is 5.48. The van der Waals surface area contributed by atoms with Crippen molar-refractivity contribution in [3.05, 3.63) is 22.6 Å². The SMILES string of the molecule is CC#CCCNC(CN)c1ccc(Br)o1. The summed E-state index contributed by atoms with van der Waals surface area (Å²) in [7, 11) is 0. The van der Waals surface area contributed by atoms with Crippen molar-refractivity contribution >= 4 is 15.9 Å². The highest BCUT2D eigenvalue weighted by atomic mass is 79.9. The summed E-state index contributed by atoms with van der Waals surface area (Å²) in [5.74, 6) is 6.70. The highest BCUT2D eigenvalue weighted by Gasteiger charge is 2.12. The Morgan fingerprint density at radius 3 is 2.93 bits per heavy atom. The summed E-state index contributed by atoms with van der Waals surface area (Å²) in [5.41, 5.74) is 5.65. The first-order valence-corrected chi connectivity index (χ1v) is 5.65. The lowest BCUT2D eigenvalue weighted by Gasteiger charge is -2.12. The highest BCUT2D eigenvalue weighted by molar-refractivity contribution is 9.10. The molecule has 1 rings (SSSR count). The van der Waals surface area contributed by atoms with E-state index in [1.807, 2.05) is 19.1 Å². The van der Waals surface area contributed by atoms with E-state index in [2.05, 4.69) is 33.1 Å². The number of nitrogens with two attached hydrogens (primary N) is 1. The third kappa shape index (κ3) is 4.08. The van der Waals surface area contributed by atoms with Gasteiger partial charge in [0.05, 0.1) is 6.04 Å². The van der Waals surface area contributed by atoms with Gasteiger partial charge in [-0.3, -0.25) is 0 Å². The van der Waals surface area contributed by atoms with Gasteiger partial charge in [0.25, 0.3) is 0 Å². The molecule has 1 unspecified atom stereocenters. The Labute approximate surface area is 98.5 Å². The van der Waals surface area contributed by atoms with Gasteiger partial charge in [-0.05, 0) is 35.0 Å². The van der Waals surface area contributed by atoms with Crippen LogP contribution < -0.4 is 11.1 Å². The molecule has 1 aromatic rings. The van der Waals surface area contributed by atoms with E-state index in [1.165, 1.54) is 0 Å². The molecule has 1 atom stereocenters. The fourth-order valence-corrected chi connectivity index (χ4v) is 1.57. The topological polar surface area (TPSA) is 51.2 Å². The summed E-state index contributed by atoms with van der Waals surface area (Å²) in [6, 6.07) is 3.85. The van der Waals surface area contributed by atoms with E-state index in [1.54, 1.807) is 0 Å². The Morgan fingerprint density at radius 2 is 2.40 bits per heavy atom. The molecule has 3 nitrogen and oxygen atoms in total. The lowest BCUT2D eigenvalue weighted by atomic mass is 10.2. The Hall–Kier alpha value is -0.760. The molecule has 0 aromatic carbocycles. The van der Waals surface area contributed by atoms with Crippen molar-refractivity contribution in [1.82, 2.24) is 5.32 Å². The monoisotopic (exact) mass is 270 g/mol. The van der Waals surface area contributed by atoms with Crippen LogP contribution in [0, 0.1) is 11.8 Å². The number of rotatable bonds is 5. The Balaban J connectivity index is 2.44. The normalized spacial score (nSPS) is 11.9. The average molecular weight is 271 g/mol. The molecule has 4 heteroatoms. The largest absolute Gasteiger partial charge is 0.453 e. The van der Waals surface area contributed by atoms with E-state index >= 15 is 0 Å². The molecule has 1 heterocycles. The molecular formula is C11H15BrN2O. The fraction of sp³-hybridized carbons (Fsp3) is 0.455. The van der Waals surface area contributed by atoms with Crippen LogP contribution >= 0.6 is 15.9 Å². The van der Waals surface area contributed by atoms with Gasteiger partial charge >= 0.3 is 0 Å². The van der Waals surface area contributed by atoms with Crippen LogP contribution in [-0.4, -0.2) is 13.1 Å². The maximum Gasteiger partial charge on any atom is 0.169 e. The minimum atomic E-state index is 0.0648. The van der Waals surface area contributed by atoms with Crippen LogP contribution in [0.1, 0.15) is 25.1 Å². The smallest absolute Gasteiger partial charge is 0.169 e. The van der Waals surface area contributed by atoms with Gasteiger partial charge in [-0.1, -0.05) is 0 Å². The van der Waals surface area contributed by atoms with Gasteiger partial charge in [-0.2, -0.15) is 0 Å². The molecule has 0 aliphatic carbocycles. The van der Waals surface area contributed by atoms with Crippen LogP contribution in [0.4, 0.5) is 0 Å². The molecule has 15 heavy (non-hydrogen) atoms. The van der Waals surface area contributed by atoms with E-state index in [9.17, 15) is 0 Å². The van der Waals surface area contributed by atoms with Crippen molar-refractivity contribution in [3.63, 3.8) is 0 Å². The van der Waals surface area contributed by atoms with Crippen molar-refractivity contribution < 1.29 is 4.42 Å². The van der Waals surface area contributed by atoms with Gasteiger partial charge in [0.2, 0.25) is 0 Å². The maximum atomic E-state index is 5.65. The first-order valence-electron chi connectivity index (χ1n) is 4.86. The van der Waals surface area contributed by atoms with Gasteiger partial charge in [-0.15, -0.1) is 11.8 Å². The van der Waals surface area contributed by atoms with Gasteiger partial charge in [0.1, 0.15) is 5.76 Å². The Morgan fingerprint density at radius 1 is 1.60 bits per heavy atom. The predicted octanol–water partition coefficient (Wildman–Crippen LogP) is 2.04. The summed E-state index contributed by atoms with van der Waals surface area (Å²) in [6.07, 6.45) is 0.828. The third-order valence-electron chi connectivity index (χ3n) is 1.99. The zero-order valence-electron chi connectivity index (χ0n) is 8.72. The van der Waals surface area contributed by atoms with E-state index in [4.69, 9.17) is 10.2 Å². The van der Waals surface area contributed by atoms with Crippen molar-refractivity contribution in [2.24, 2.45) is 5.73 Å². The highest BCUT2D eigenvalue weighted by Crippen LogP contribution is 2.19. The summed E-state index contributed by atoms with van der Waals surface area (Å²) in [5, 5.41) is 3.29. The van der Waals surface area contributed by atoms with Gasteiger partial charge in [-0.25, -0.2) is 0 Å². The predicted molar refractivity (Wildman–Crippen MR) is 64.3 cm³/mol. The molecule has 0 saturated carbocycles. The van der Waals surface area contributed by atoms with E-state index in [-0.39, 0.29) is 6.04 Å². The van der Waals surface area contributed by atoms with Crippen LogP contribution in [0.5, 0.6) is 0 Å². The minimum Gasteiger partial charge on any atom is -0.453 e. The van der Waals surface area contributed by atoms with Crippen LogP contribution in [0.25, 0.3) is 0 Å². The minimum absolute atomic E-state index is 0.0648. The maximum absolute atomic E-state index is 5.65. The van der Waals surface area contributed by atoms with Crippen LogP contribution in [0.3, 0.4) is 0 Å². The molecule has 0 radical (unpaired) electrons. The first kappa shape index (κ1) is 12.3. The molecule has 82 valence electrons. The van der Waals surface area contributed by atoms with Gasteiger partial charge < -0.3 is 15.5 Å². The van der Waals surface area contributed by atoms with E-state index in [0.29, 0.717) is 6.54 Å². The number of nitrogens with one attached hydrogen (secondary N) is 1. The number of hydrogen-bond donors (Lipinski definition) is 2. The van der Waals surface area contributed by atoms with Crippen molar-refractivity contribution in [1.29, 1.82) is 0 Å². The molecular weight excluding hydrogens is 256 g/mol. The molecule has 0 saturated heterocycles. The zero-order chi connectivity index (χ0) is 11.1. The molecule has 3 N–H and O–H groups in total. The first-order chi connectivity index (χ1) is 7.27. The van der Waals surface area contributed by atoms with Crippen molar-refractivity contribution in [2.75, 3.05) is 13.1 Å². The molecule has 0 aliphatic heterocycles. The average Bonchev–Trinajstić information content (AvgIpc) is 2.65. The molecule has 0 spiro atoms. The number of halogens is 1. The number of hydrogen-bond acceptors (Lipinski definition) is 3. The molecule has 0 fully saturated rings. The van der Waals surface area contributed by atoms with Crippen molar-refractivity contribution in [3.8, 4) is 11.8 Å². The summed E-state index contributed by atoms with van der Waals surface area (Å²) < 4.78 is 6.16. The van der Waals surface area contributed by atoms with Crippen LogP contribution in [0.2, 0.25) is 0 Å². The molecule has 0 aliphatic rings. The third-order valence-corrected chi connectivity index (χ3v) is 2.42. The summed E-state index contributed by atoms with van der Waals surface area (Å²) in [6.45, 7) is 3.17. The number of furan rings is 1.